The number of hydrogen-bond acceptors (Lipinski definition) is 5. The van der Waals surface area contributed by atoms with E-state index >= 15 is 0 Å². The van der Waals surface area contributed by atoms with Crippen molar-refractivity contribution >= 4 is 11.8 Å². The maximum atomic E-state index is 12.8. The van der Waals surface area contributed by atoms with E-state index in [1.165, 1.54) is 0 Å². The van der Waals surface area contributed by atoms with Crippen LogP contribution >= 0.6 is 0 Å². The number of piperidine rings is 3. The highest BCUT2D eigenvalue weighted by Crippen LogP contribution is 2.42. The molecular weight excluding hydrogens is 389 g/mol. The van der Waals surface area contributed by atoms with Crippen LogP contribution < -0.4 is 5.32 Å². The number of nitrogens with one attached hydrogen (secondary N) is 2. The highest BCUT2D eigenvalue weighted by atomic mass is 19.4. The fraction of sp³-hybridized carbons (Fsp3) is 0.778. The van der Waals surface area contributed by atoms with Gasteiger partial charge in [0, 0.05) is 31.5 Å². The predicted octanol–water partition coefficient (Wildman–Crippen LogP) is 0.993. The fourth-order valence-corrected chi connectivity index (χ4v) is 5.17. The van der Waals surface area contributed by atoms with Crippen molar-refractivity contribution in [1.82, 2.24) is 30.3 Å². The van der Waals surface area contributed by atoms with Crippen molar-refractivity contribution in [2.75, 3.05) is 19.6 Å². The number of aromatic nitrogens is 3. The Balaban J connectivity index is 1.55. The highest BCUT2D eigenvalue weighted by molar-refractivity contribution is 5.89. The zero-order valence-electron chi connectivity index (χ0n) is 16.2. The summed E-state index contributed by atoms with van der Waals surface area (Å²) in [6, 6.07) is -0.964. The van der Waals surface area contributed by atoms with E-state index in [9.17, 15) is 22.8 Å². The number of halogens is 3. The van der Waals surface area contributed by atoms with Crippen molar-refractivity contribution in [2.24, 2.45) is 11.8 Å². The van der Waals surface area contributed by atoms with Crippen LogP contribution in [0.25, 0.3) is 0 Å². The number of carbonyl (C=O) groups is 2. The van der Waals surface area contributed by atoms with Crippen LogP contribution in [0.5, 0.6) is 0 Å². The number of nitrogens with zero attached hydrogens (tertiary/aromatic N) is 4. The summed E-state index contributed by atoms with van der Waals surface area (Å²) in [4.78, 5) is 33.5. The summed E-state index contributed by atoms with van der Waals surface area (Å²) in [5.41, 5.74) is 0. The van der Waals surface area contributed by atoms with Crippen molar-refractivity contribution < 1.29 is 22.8 Å². The largest absolute Gasteiger partial charge is 0.405 e. The molecule has 11 heteroatoms. The van der Waals surface area contributed by atoms with Gasteiger partial charge < -0.3 is 10.2 Å². The number of amides is 2. The maximum absolute atomic E-state index is 12.8. The highest BCUT2D eigenvalue weighted by Gasteiger charge is 2.52. The minimum absolute atomic E-state index is 0.106. The Labute approximate surface area is 166 Å². The molecule has 3 aliphatic rings. The van der Waals surface area contributed by atoms with Crippen molar-refractivity contribution in [3.05, 3.63) is 11.6 Å². The Bertz CT molecular complexity index is 782. The summed E-state index contributed by atoms with van der Waals surface area (Å²) >= 11 is 0. The zero-order chi connectivity index (χ0) is 20.8. The average molecular weight is 414 g/mol. The molecule has 2 amide bonds. The lowest BCUT2D eigenvalue weighted by Gasteiger charge is -2.55. The van der Waals surface area contributed by atoms with Gasteiger partial charge in [-0.15, -0.1) is 0 Å². The van der Waals surface area contributed by atoms with E-state index in [0.717, 1.165) is 25.8 Å². The molecule has 0 aromatic carbocycles. The minimum Gasteiger partial charge on any atom is -0.345 e. The van der Waals surface area contributed by atoms with Gasteiger partial charge in [0.05, 0.1) is 6.54 Å². The van der Waals surface area contributed by atoms with E-state index in [1.54, 1.807) is 4.90 Å². The molecule has 0 saturated carbocycles. The molecule has 0 spiro atoms. The fourth-order valence-electron chi connectivity index (χ4n) is 5.17. The molecule has 0 unspecified atom stereocenters. The van der Waals surface area contributed by atoms with Crippen LogP contribution in [-0.4, -0.2) is 74.7 Å². The van der Waals surface area contributed by atoms with E-state index in [1.807, 2.05) is 12.2 Å². The molecule has 2 N–H and O–H groups in total. The zero-order valence-corrected chi connectivity index (χ0v) is 16.2. The summed E-state index contributed by atoms with van der Waals surface area (Å²) in [6.45, 7) is 2.22. The molecule has 3 fully saturated rings. The second-order valence-corrected chi connectivity index (χ2v) is 8.33. The van der Waals surface area contributed by atoms with Gasteiger partial charge in [-0.3, -0.25) is 19.6 Å². The number of likely N-dealkylation sites (tertiary alicyclic amines) is 1. The lowest BCUT2D eigenvalue weighted by molar-refractivity contribution is -0.163. The number of hydrogen-bond donors (Lipinski definition) is 2. The van der Waals surface area contributed by atoms with E-state index in [4.69, 9.17) is 0 Å². The second-order valence-electron chi connectivity index (χ2n) is 8.33. The third-order valence-corrected chi connectivity index (χ3v) is 6.16. The molecule has 8 nitrogen and oxygen atoms in total. The van der Waals surface area contributed by atoms with Crippen LogP contribution in [-0.2, 0) is 16.1 Å². The van der Waals surface area contributed by atoms with Crippen LogP contribution in [0.15, 0.2) is 0 Å². The molecule has 4 heterocycles. The summed E-state index contributed by atoms with van der Waals surface area (Å²) in [7, 11) is 0. The molecule has 0 aliphatic carbocycles. The van der Waals surface area contributed by atoms with Crippen molar-refractivity contribution in [3.8, 4) is 0 Å². The number of rotatable bonds is 4. The topological polar surface area (TPSA) is 94.2 Å². The van der Waals surface area contributed by atoms with Gasteiger partial charge >= 0.3 is 6.18 Å². The monoisotopic (exact) mass is 414 g/mol. The molecule has 1 aromatic rings. The van der Waals surface area contributed by atoms with Crippen LogP contribution in [0.4, 0.5) is 13.2 Å². The quantitative estimate of drug-likeness (QED) is 0.767. The van der Waals surface area contributed by atoms with E-state index in [-0.39, 0.29) is 23.8 Å². The molecule has 29 heavy (non-hydrogen) atoms. The molecule has 4 atom stereocenters. The maximum Gasteiger partial charge on any atom is 0.405 e. The van der Waals surface area contributed by atoms with Gasteiger partial charge in [0.1, 0.15) is 18.4 Å². The summed E-state index contributed by atoms with van der Waals surface area (Å²) in [5.74, 6) is 0.524. The number of alkyl halides is 3. The van der Waals surface area contributed by atoms with E-state index < -0.39 is 24.7 Å². The van der Waals surface area contributed by atoms with E-state index in [2.05, 4.69) is 20.1 Å². The lowest BCUT2D eigenvalue weighted by atomic mass is 9.71. The number of H-pyrrole nitrogens is 1. The van der Waals surface area contributed by atoms with E-state index in [0.29, 0.717) is 31.2 Å². The summed E-state index contributed by atoms with van der Waals surface area (Å²) in [5, 5.41) is 8.98. The predicted molar refractivity (Wildman–Crippen MR) is 95.3 cm³/mol. The normalized spacial score (nSPS) is 30.2. The number of aromatic amines is 1. The van der Waals surface area contributed by atoms with Crippen molar-refractivity contribution in [1.29, 1.82) is 0 Å². The van der Waals surface area contributed by atoms with Gasteiger partial charge in [0.25, 0.3) is 0 Å². The van der Waals surface area contributed by atoms with Gasteiger partial charge in [0.2, 0.25) is 11.8 Å². The average Bonchev–Trinajstić information content (AvgIpc) is 3.05. The first-order chi connectivity index (χ1) is 13.7. The van der Waals surface area contributed by atoms with Gasteiger partial charge in [-0.25, -0.2) is 4.98 Å². The Morgan fingerprint density at radius 2 is 2.07 bits per heavy atom. The SMILES string of the molecule is Cc1nc(CN2C[C@H]3C[C@@H](C2)[C@H](C(=O)NCC(F)(F)F)N2C(=O)CCC[C@@H]32)n[nH]1. The first-order valence-electron chi connectivity index (χ1n) is 9.97. The third-order valence-electron chi connectivity index (χ3n) is 6.16. The lowest BCUT2D eigenvalue weighted by Crippen LogP contribution is -2.68. The van der Waals surface area contributed by atoms with Gasteiger partial charge in [-0.2, -0.15) is 18.3 Å². The molecule has 0 radical (unpaired) electrons. The van der Waals surface area contributed by atoms with Crippen LogP contribution in [0.1, 0.15) is 37.3 Å². The van der Waals surface area contributed by atoms with Gasteiger partial charge in [-0.1, -0.05) is 0 Å². The number of carbonyl (C=O) groups excluding carboxylic acids is 2. The third kappa shape index (κ3) is 4.24. The molecule has 2 bridgehead atoms. The minimum atomic E-state index is -4.49. The first kappa shape index (κ1) is 20.1. The molecule has 1 aromatic heterocycles. The van der Waals surface area contributed by atoms with Crippen LogP contribution in [0.3, 0.4) is 0 Å². The summed E-state index contributed by atoms with van der Waals surface area (Å²) in [6.07, 6.45) is -1.88. The molecule has 160 valence electrons. The molecule has 3 aliphatic heterocycles. The smallest absolute Gasteiger partial charge is 0.345 e. The van der Waals surface area contributed by atoms with Crippen LogP contribution in [0, 0.1) is 18.8 Å². The van der Waals surface area contributed by atoms with Gasteiger partial charge in [-0.05, 0) is 32.1 Å². The number of aryl methyl sites for hydroxylation is 1. The Kier molecular flexibility index (Phi) is 5.26. The Hall–Kier alpha value is -2.17. The van der Waals surface area contributed by atoms with Crippen molar-refractivity contribution in [3.63, 3.8) is 0 Å². The summed E-state index contributed by atoms with van der Waals surface area (Å²) < 4.78 is 37.9. The Morgan fingerprint density at radius 3 is 2.76 bits per heavy atom. The Morgan fingerprint density at radius 1 is 1.31 bits per heavy atom. The van der Waals surface area contributed by atoms with Crippen molar-refractivity contribution in [2.45, 2.75) is 57.4 Å². The number of fused-ring (bicyclic) bond motifs is 4. The standard InChI is InChI=1S/C18H25F3N6O2/c1-10-23-14(25-24-10)8-26-6-11-5-12(7-26)16(17(29)22-9-18(19,20)21)27-13(11)3-2-4-15(27)28/h11-13,16H,2-9H2,1H3,(H,22,29)(H,23,24,25)/t11-,12+,13+,16-/m1/s1. The first-order valence-corrected chi connectivity index (χ1v) is 9.97. The van der Waals surface area contributed by atoms with Gasteiger partial charge in [0.15, 0.2) is 5.82 Å². The molecule has 4 rings (SSSR count). The van der Waals surface area contributed by atoms with Crippen LogP contribution in [0.2, 0.25) is 0 Å². The second kappa shape index (κ2) is 7.58. The molecular formula is C18H25F3N6O2. The molecule has 3 saturated heterocycles.